The summed E-state index contributed by atoms with van der Waals surface area (Å²) in [5.74, 6) is 0. The largest absolute Gasteiger partial charge is 0.389 e. The molecule has 0 saturated heterocycles. The van der Waals surface area contributed by atoms with Crippen molar-refractivity contribution in [1.82, 2.24) is 0 Å². The van der Waals surface area contributed by atoms with Crippen molar-refractivity contribution in [3.05, 3.63) is 58.1 Å². The minimum atomic E-state index is -0.433. The zero-order valence-corrected chi connectivity index (χ0v) is 13.0. The lowest BCUT2D eigenvalue weighted by Crippen LogP contribution is -2.22. The van der Waals surface area contributed by atoms with Gasteiger partial charge in [-0.2, -0.15) is 0 Å². The monoisotopic (exact) mass is 339 g/mol. The van der Waals surface area contributed by atoms with Gasteiger partial charge in [0.1, 0.15) is 4.99 Å². The van der Waals surface area contributed by atoms with Gasteiger partial charge in [-0.05, 0) is 30.3 Å². The number of benzene rings is 2. The standard InChI is InChI=1S/C14H11Cl2N3OS/c15-10-6-5-8(7-11(10)16)18-14(20)19-12-4-2-1-3-9(12)13(17)21/h1-7H,(H2,17,21)(H2,18,19,20). The normalized spacial score (nSPS) is 10.0. The van der Waals surface area contributed by atoms with E-state index in [1.165, 1.54) is 0 Å². The zero-order chi connectivity index (χ0) is 15.4. The summed E-state index contributed by atoms with van der Waals surface area (Å²) in [7, 11) is 0. The molecule has 21 heavy (non-hydrogen) atoms. The van der Waals surface area contributed by atoms with E-state index in [2.05, 4.69) is 10.6 Å². The Morgan fingerprint density at radius 2 is 1.76 bits per heavy atom. The summed E-state index contributed by atoms with van der Waals surface area (Å²) < 4.78 is 0. The molecule has 0 aliphatic heterocycles. The summed E-state index contributed by atoms with van der Waals surface area (Å²) in [5, 5.41) is 6.11. The van der Waals surface area contributed by atoms with E-state index in [0.717, 1.165) is 0 Å². The molecule has 0 spiro atoms. The average molecular weight is 340 g/mol. The van der Waals surface area contributed by atoms with Crippen molar-refractivity contribution < 1.29 is 4.79 Å². The van der Waals surface area contributed by atoms with E-state index < -0.39 is 6.03 Å². The maximum atomic E-state index is 12.0. The van der Waals surface area contributed by atoms with E-state index in [9.17, 15) is 4.79 Å². The number of carbonyl (C=O) groups is 1. The lowest BCUT2D eigenvalue weighted by atomic mass is 10.2. The first-order valence-electron chi connectivity index (χ1n) is 5.89. The first-order chi connectivity index (χ1) is 9.97. The molecule has 0 aliphatic rings. The van der Waals surface area contributed by atoms with Gasteiger partial charge in [-0.3, -0.25) is 0 Å². The second kappa shape index (κ2) is 6.76. The first-order valence-corrected chi connectivity index (χ1v) is 7.05. The lowest BCUT2D eigenvalue weighted by molar-refractivity contribution is 0.262. The van der Waals surface area contributed by atoms with E-state index in [1.54, 1.807) is 42.5 Å². The number of rotatable bonds is 3. The average Bonchev–Trinajstić information content (AvgIpc) is 2.43. The van der Waals surface area contributed by atoms with Gasteiger partial charge in [0.25, 0.3) is 0 Å². The Kier molecular flexibility index (Phi) is 5.01. The molecule has 2 amide bonds. The molecule has 0 unspecified atom stereocenters. The van der Waals surface area contributed by atoms with Crippen LogP contribution in [-0.2, 0) is 0 Å². The van der Waals surface area contributed by atoms with Crippen LogP contribution in [0.25, 0.3) is 0 Å². The highest BCUT2D eigenvalue weighted by atomic mass is 35.5. The molecule has 0 bridgehead atoms. The van der Waals surface area contributed by atoms with E-state index >= 15 is 0 Å². The summed E-state index contributed by atoms with van der Waals surface area (Å²) in [5.41, 5.74) is 7.25. The van der Waals surface area contributed by atoms with Gasteiger partial charge in [-0.15, -0.1) is 0 Å². The summed E-state index contributed by atoms with van der Waals surface area (Å²) >= 11 is 16.6. The number of thiocarbonyl (C=S) groups is 1. The third kappa shape index (κ3) is 4.07. The number of hydrogen-bond acceptors (Lipinski definition) is 2. The number of hydrogen-bond donors (Lipinski definition) is 3. The van der Waals surface area contributed by atoms with Crippen molar-refractivity contribution in [2.75, 3.05) is 10.6 Å². The van der Waals surface area contributed by atoms with Crippen LogP contribution in [-0.4, -0.2) is 11.0 Å². The van der Waals surface area contributed by atoms with Gasteiger partial charge < -0.3 is 16.4 Å². The van der Waals surface area contributed by atoms with Gasteiger partial charge in [0.2, 0.25) is 0 Å². The van der Waals surface area contributed by atoms with E-state index in [0.29, 0.717) is 27.0 Å². The van der Waals surface area contributed by atoms with Crippen LogP contribution in [0.3, 0.4) is 0 Å². The minimum Gasteiger partial charge on any atom is -0.389 e. The summed E-state index contributed by atoms with van der Waals surface area (Å²) in [6, 6.07) is 11.4. The Hall–Kier alpha value is -1.82. The molecule has 2 rings (SSSR count). The number of anilines is 2. The number of para-hydroxylation sites is 1. The topological polar surface area (TPSA) is 67.1 Å². The molecular weight excluding hydrogens is 329 g/mol. The Bertz CT molecular complexity index is 706. The second-order valence-corrected chi connectivity index (χ2v) is 5.37. The van der Waals surface area contributed by atoms with Crippen LogP contribution in [0.2, 0.25) is 10.0 Å². The van der Waals surface area contributed by atoms with E-state index in [-0.39, 0.29) is 4.99 Å². The highest BCUT2D eigenvalue weighted by molar-refractivity contribution is 7.80. The third-order valence-electron chi connectivity index (χ3n) is 2.62. The number of nitrogens with two attached hydrogens (primary N) is 1. The molecule has 0 fully saturated rings. The SMILES string of the molecule is NC(=S)c1ccccc1NC(=O)Nc1ccc(Cl)c(Cl)c1. The Balaban J connectivity index is 2.12. The van der Waals surface area contributed by atoms with Crippen LogP contribution in [0.15, 0.2) is 42.5 Å². The van der Waals surface area contributed by atoms with Crippen LogP contribution < -0.4 is 16.4 Å². The molecule has 0 heterocycles. The van der Waals surface area contributed by atoms with Crippen LogP contribution in [0.4, 0.5) is 16.2 Å². The molecule has 4 N–H and O–H groups in total. The highest BCUT2D eigenvalue weighted by Crippen LogP contribution is 2.25. The van der Waals surface area contributed by atoms with Crippen molar-refractivity contribution in [3.8, 4) is 0 Å². The van der Waals surface area contributed by atoms with E-state index in [4.69, 9.17) is 41.2 Å². The van der Waals surface area contributed by atoms with Crippen LogP contribution in [0.5, 0.6) is 0 Å². The lowest BCUT2D eigenvalue weighted by Gasteiger charge is -2.11. The number of halogens is 2. The highest BCUT2D eigenvalue weighted by Gasteiger charge is 2.09. The fraction of sp³-hybridized carbons (Fsp3) is 0. The van der Waals surface area contributed by atoms with Crippen LogP contribution in [0, 0.1) is 0 Å². The number of urea groups is 1. The van der Waals surface area contributed by atoms with E-state index in [1.807, 2.05) is 0 Å². The van der Waals surface area contributed by atoms with Crippen LogP contribution in [0.1, 0.15) is 5.56 Å². The fourth-order valence-electron chi connectivity index (χ4n) is 1.67. The first kappa shape index (κ1) is 15.6. The molecular formula is C14H11Cl2N3OS. The summed E-state index contributed by atoms with van der Waals surface area (Å²) in [6.07, 6.45) is 0. The Morgan fingerprint density at radius 3 is 2.43 bits per heavy atom. The fourth-order valence-corrected chi connectivity index (χ4v) is 2.14. The number of carbonyl (C=O) groups excluding carboxylic acids is 1. The molecule has 108 valence electrons. The molecule has 0 saturated carbocycles. The van der Waals surface area contributed by atoms with Gasteiger partial charge in [0, 0.05) is 11.3 Å². The molecule has 0 atom stereocenters. The smallest absolute Gasteiger partial charge is 0.323 e. The minimum absolute atomic E-state index is 0.209. The molecule has 7 heteroatoms. The zero-order valence-electron chi connectivity index (χ0n) is 10.7. The molecule has 0 aromatic heterocycles. The molecule has 2 aromatic rings. The molecule has 4 nitrogen and oxygen atoms in total. The van der Waals surface area contributed by atoms with Gasteiger partial charge in [-0.25, -0.2) is 4.79 Å². The van der Waals surface area contributed by atoms with Crippen molar-refractivity contribution in [2.45, 2.75) is 0 Å². The van der Waals surface area contributed by atoms with Crippen molar-refractivity contribution in [2.24, 2.45) is 5.73 Å². The molecule has 0 radical (unpaired) electrons. The van der Waals surface area contributed by atoms with Crippen molar-refractivity contribution in [3.63, 3.8) is 0 Å². The number of nitrogens with one attached hydrogen (secondary N) is 2. The van der Waals surface area contributed by atoms with Gasteiger partial charge in [0.15, 0.2) is 0 Å². The molecule has 0 aliphatic carbocycles. The van der Waals surface area contributed by atoms with Gasteiger partial charge in [0.05, 0.1) is 15.7 Å². The molecule has 2 aromatic carbocycles. The predicted octanol–water partition coefficient (Wildman–Crippen LogP) is 4.27. The van der Waals surface area contributed by atoms with Crippen molar-refractivity contribution in [1.29, 1.82) is 0 Å². The maximum Gasteiger partial charge on any atom is 0.323 e. The van der Waals surface area contributed by atoms with Gasteiger partial charge >= 0.3 is 6.03 Å². The quantitative estimate of drug-likeness (QED) is 0.731. The Morgan fingerprint density at radius 1 is 1.05 bits per heavy atom. The maximum absolute atomic E-state index is 12.0. The predicted molar refractivity (Wildman–Crippen MR) is 91.4 cm³/mol. The second-order valence-electron chi connectivity index (χ2n) is 4.12. The summed E-state index contributed by atoms with van der Waals surface area (Å²) in [6.45, 7) is 0. The van der Waals surface area contributed by atoms with Crippen LogP contribution >= 0.6 is 35.4 Å². The number of amides is 2. The summed E-state index contributed by atoms with van der Waals surface area (Å²) in [4.78, 5) is 12.2. The van der Waals surface area contributed by atoms with Gasteiger partial charge in [-0.1, -0.05) is 47.6 Å². The third-order valence-corrected chi connectivity index (χ3v) is 3.58. The van der Waals surface area contributed by atoms with Crippen molar-refractivity contribution >= 4 is 57.8 Å². The Labute approximate surface area is 137 Å².